The minimum atomic E-state index is 0.0130. The van der Waals surface area contributed by atoms with Gasteiger partial charge in [-0.3, -0.25) is 14.6 Å². The fourth-order valence-electron chi connectivity index (χ4n) is 3.45. The number of carbonyl (C=O) groups is 1. The fourth-order valence-corrected chi connectivity index (χ4v) is 5.13. The molecule has 5 nitrogen and oxygen atoms in total. The molecule has 1 aliphatic rings. The lowest BCUT2D eigenvalue weighted by Gasteiger charge is -2.29. The molecule has 152 valence electrons. The monoisotopic (exact) mass is 427 g/mol. The molecule has 4 rings (SSSR count). The number of amides is 1. The number of morpholine rings is 1. The third-order valence-electron chi connectivity index (χ3n) is 5.09. The summed E-state index contributed by atoms with van der Waals surface area (Å²) in [5.74, 6) is 0.0130. The number of carbonyl (C=O) groups excluding carboxylic acids is 1. The Morgan fingerprint density at radius 2 is 2.03 bits per heavy atom. The van der Waals surface area contributed by atoms with Gasteiger partial charge >= 0.3 is 0 Å². The molecule has 1 saturated heterocycles. The zero-order chi connectivity index (χ0) is 20.2. The number of nitrogens with zero attached hydrogens (tertiary/aromatic N) is 3. The van der Waals surface area contributed by atoms with Crippen molar-refractivity contribution in [3.63, 3.8) is 0 Å². The second-order valence-corrected chi connectivity index (χ2v) is 8.94. The van der Waals surface area contributed by atoms with E-state index in [4.69, 9.17) is 9.72 Å². The first-order valence-electron chi connectivity index (χ1n) is 9.78. The van der Waals surface area contributed by atoms with E-state index in [1.165, 1.54) is 5.56 Å². The maximum atomic E-state index is 13.6. The molecule has 29 heavy (non-hydrogen) atoms. The van der Waals surface area contributed by atoms with Crippen molar-refractivity contribution in [3.05, 3.63) is 53.6 Å². The van der Waals surface area contributed by atoms with Crippen molar-refractivity contribution in [2.24, 2.45) is 0 Å². The number of aryl methyl sites for hydroxylation is 1. The molecule has 0 spiro atoms. The Morgan fingerprint density at radius 3 is 2.83 bits per heavy atom. The van der Waals surface area contributed by atoms with Crippen molar-refractivity contribution in [1.82, 2.24) is 9.88 Å². The van der Waals surface area contributed by atoms with Crippen LogP contribution in [0, 0.1) is 6.92 Å². The van der Waals surface area contributed by atoms with Crippen LogP contribution in [0.3, 0.4) is 0 Å². The van der Waals surface area contributed by atoms with Gasteiger partial charge in [0.05, 0.1) is 29.0 Å². The molecule has 0 N–H and O–H groups in total. The predicted octanol–water partition coefficient (Wildman–Crippen LogP) is 4.31. The molecular weight excluding hydrogens is 402 g/mol. The number of thiazole rings is 1. The molecule has 1 aliphatic heterocycles. The molecule has 0 saturated carbocycles. The largest absolute Gasteiger partial charge is 0.379 e. The maximum Gasteiger partial charge on any atom is 0.261 e. The van der Waals surface area contributed by atoms with Crippen LogP contribution in [0.2, 0.25) is 0 Å². The second-order valence-electron chi connectivity index (χ2n) is 7.08. The summed E-state index contributed by atoms with van der Waals surface area (Å²) in [4.78, 5) is 23.6. The highest BCUT2D eigenvalue weighted by Gasteiger charge is 2.24. The van der Waals surface area contributed by atoms with E-state index in [1.807, 2.05) is 41.5 Å². The van der Waals surface area contributed by atoms with E-state index in [0.29, 0.717) is 6.54 Å². The molecule has 3 aromatic rings. The fraction of sp³-hybridized carbons (Fsp3) is 0.364. The summed E-state index contributed by atoms with van der Waals surface area (Å²) >= 11 is 3.18. The molecule has 1 fully saturated rings. The smallest absolute Gasteiger partial charge is 0.261 e. The Bertz CT molecular complexity index is 999. The number of aromatic nitrogens is 1. The van der Waals surface area contributed by atoms with Gasteiger partial charge in [0.2, 0.25) is 0 Å². The molecule has 0 unspecified atom stereocenters. The molecule has 0 atom stereocenters. The summed E-state index contributed by atoms with van der Waals surface area (Å²) in [6, 6.07) is 14.0. The molecule has 2 heterocycles. The summed E-state index contributed by atoms with van der Waals surface area (Å²) in [5, 5.41) is 0.764. The van der Waals surface area contributed by atoms with Gasteiger partial charge in [0.15, 0.2) is 5.13 Å². The summed E-state index contributed by atoms with van der Waals surface area (Å²) in [6.45, 7) is 6.82. The number of hydrogen-bond donors (Lipinski definition) is 0. The van der Waals surface area contributed by atoms with Crippen LogP contribution in [0.1, 0.15) is 15.9 Å². The molecule has 0 aliphatic carbocycles. The van der Waals surface area contributed by atoms with Gasteiger partial charge in [-0.15, -0.1) is 11.8 Å². The number of hydrogen-bond acceptors (Lipinski definition) is 6. The normalized spacial score (nSPS) is 15.0. The zero-order valence-corrected chi connectivity index (χ0v) is 18.4. The minimum Gasteiger partial charge on any atom is -0.379 e. The predicted molar refractivity (Wildman–Crippen MR) is 122 cm³/mol. The highest BCUT2D eigenvalue weighted by Crippen LogP contribution is 2.31. The Kier molecular flexibility index (Phi) is 6.50. The van der Waals surface area contributed by atoms with Crippen LogP contribution in [0.5, 0.6) is 0 Å². The summed E-state index contributed by atoms with van der Waals surface area (Å²) < 4.78 is 6.57. The Morgan fingerprint density at radius 1 is 1.24 bits per heavy atom. The number of benzene rings is 2. The van der Waals surface area contributed by atoms with Crippen LogP contribution >= 0.6 is 23.1 Å². The Labute approximate surface area is 179 Å². The zero-order valence-electron chi connectivity index (χ0n) is 16.8. The molecule has 7 heteroatoms. The number of thioether (sulfide) groups is 1. The van der Waals surface area contributed by atoms with Gasteiger partial charge in [0.25, 0.3) is 5.91 Å². The SMILES string of the molecule is CSc1ccccc1C(=O)N(CCN1CCOCC1)c1nc2ccc(C)cc2s1. The van der Waals surface area contributed by atoms with Crippen molar-refractivity contribution in [2.45, 2.75) is 11.8 Å². The lowest BCUT2D eigenvalue weighted by molar-refractivity contribution is 0.0391. The quantitative estimate of drug-likeness (QED) is 0.549. The molecule has 0 radical (unpaired) electrons. The Balaban J connectivity index is 1.66. The highest BCUT2D eigenvalue weighted by molar-refractivity contribution is 7.98. The van der Waals surface area contributed by atoms with E-state index < -0.39 is 0 Å². The van der Waals surface area contributed by atoms with Crippen LogP contribution in [0.25, 0.3) is 10.2 Å². The summed E-state index contributed by atoms with van der Waals surface area (Å²) in [6.07, 6.45) is 2.00. The van der Waals surface area contributed by atoms with Crippen molar-refractivity contribution in [3.8, 4) is 0 Å². The van der Waals surface area contributed by atoms with Crippen LogP contribution in [0.15, 0.2) is 47.4 Å². The van der Waals surface area contributed by atoms with Crippen molar-refractivity contribution in [2.75, 3.05) is 50.5 Å². The molecule has 2 aromatic carbocycles. The van der Waals surface area contributed by atoms with Crippen LogP contribution in [-0.2, 0) is 4.74 Å². The number of ether oxygens (including phenoxy) is 1. The minimum absolute atomic E-state index is 0.0130. The van der Waals surface area contributed by atoms with E-state index in [-0.39, 0.29) is 5.91 Å². The van der Waals surface area contributed by atoms with Crippen molar-refractivity contribution >= 4 is 44.4 Å². The number of rotatable bonds is 6. The number of anilines is 1. The van der Waals surface area contributed by atoms with Gasteiger partial charge in [-0.25, -0.2) is 4.98 Å². The van der Waals surface area contributed by atoms with E-state index in [9.17, 15) is 4.79 Å². The van der Waals surface area contributed by atoms with Crippen LogP contribution < -0.4 is 4.90 Å². The van der Waals surface area contributed by atoms with Gasteiger partial charge in [-0.05, 0) is 43.0 Å². The lowest BCUT2D eigenvalue weighted by Crippen LogP contribution is -2.43. The van der Waals surface area contributed by atoms with Gasteiger partial charge in [-0.2, -0.15) is 0 Å². The standard InChI is InChI=1S/C22H25N3O2S2/c1-16-7-8-18-20(15-16)29-22(23-18)25(10-9-24-11-13-27-14-12-24)21(26)17-5-3-4-6-19(17)28-2/h3-8,15H,9-14H2,1-2H3. The molecule has 0 bridgehead atoms. The van der Waals surface area contributed by atoms with E-state index in [2.05, 4.69) is 24.0 Å². The average Bonchev–Trinajstić information content (AvgIpc) is 3.17. The van der Waals surface area contributed by atoms with Gasteiger partial charge < -0.3 is 4.74 Å². The molecule has 1 amide bonds. The summed E-state index contributed by atoms with van der Waals surface area (Å²) in [5.41, 5.74) is 2.88. The number of fused-ring (bicyclic) bond motifs is 1. The average molecular weight is 428 g/mol. The van der Waals surface area contributed by atoms with Gasteiger partial charge in [0.1, 0.15) is 0 Å². The maximum absolute atomic E-state index is 13.6. The topological polar surface area (TPSA) is 45.7 Å². The van der Waals surface area contributed by atoms with Crippen molar-refractivity contribution < 1.29 is 9.53 Å². The van der Waals surface area contributed by atoms with Crippen LogP contribution in [-0.4, -0.2) is 61.4 Å². The van der Waals surface area contributed by atoms with E-state index in [1.54, 1.807) is 23.1 Å². The first-order valence-corrected chi connectivity index (χ1v) is 11.8. The first kappa shape index (κ1) is 20.3. The van der Waals surface area contributed by atoms with E-state index in [0.717, 1.165) is 58.7 Å². The summed E-state index contributed by atoms with van der Waals surface area (Å²) in [7, 11) is 0. The highest BCUT2D eigenvalue weighted by atomic mass is 32.2. The molecule has 1 aromatic heterocycles. The second kappa shape index (κ2) is 9.26. The lowest BCUT2D eigenvalue weighted by atomic mass is 10.2. The van der Waals surface area contributed by atoms with Gasteiger partial charge in [-0.1, -0.05) is 29.5 Å². The molecular formula is C22H25N3O2S2. The van der Waals surface area contributed by atoms with Gasteiger partial charge in [0, 0.05) is 31.1 Å². The third-order valence-corrected chi connectivity index (χ3v) is 6.93. The van der Waals surface area contributed by atoms with Crippen LogP contribution in [0.4, 0.5) is 5.13 Å². The first-order chi connectivity index (χ1) is 14.2. The van der Waals surface area contributed by atoms with Crippen molar-refractivity contribution in [1.29, 1.82) is 0 Å². The van der Waals surface area contributed by atoms with E-state index >= 15 is 0 Å². The Hall–Kier alpha value is -1.93. The third kappa shape index (κ3) is 4.64.